The minimum atomic E-state index is 0.246. The van der Waals surface area contributed by atoms with Crippen LogP contribution in [0.4, 0.5) is 5.69 Å². The van der Waals surface area contributed by atoms with Crippen LogP contribution in [0, 0.1) is 0 Å². The van der Waals surface area contributed by atoms with Crippen molar-refractivity contribution in [1.29, 1.82) is 0 Å². The van der Waals surface area contributed by atoms with Crippen LogP contribution in [0.1, 0.15) is 5.56 Å². The number of nitrogen functional groups attached to an aromatic ring is 1. The van der Waals surface area contributed by atoms with E-state index in [0.717, 1.165) is 28.1 Å². The molecule has 1 unspecified atom stereocenters. The van der Waals surface area contributed by atoms with Gasteiger partial charge < -0.3 is 10.5 Å². The number of hydrogen-bond donors (Lipinski definition) is 1. The molecule has 2 N–H and O–H groups in total. The van der Waals surface area contributed by atoms with Crippen molar-refractivity contribution in [1.82, 2.24) is 0 Å². The maximum Gasteiger partial charge on any atom is 0.123 e. The van der Waals surface area contributed by atoms with Crippen molar-refractivity contribution < 1.29 is 4.74 Å². The summed E-state index contributed by atoms with van der Waals surface area (Å²) in [5.41, 5.74) is 7.87. The van der Waals surface area contributed by atoms with Crippen LogP contribution in [0.25, 0.3) is 0 Å². The van der Waals surface area contributed by atoms with Gasteiger partial charge in [-0.25, -0.2) is 0 Å². The molecule has 2 nitrogen and oxygen atoms in total. The van der Waals surface area contributed by atoms with E-state index in [2.05, 4.69) is 28.1 Å². The molecule has 0 radical (unpaired) electrons. The number of nitrogens with two attached hydrogens (primary N) is 1. The van der Waals surface area contributed by atoms with Gasteiger partial charge >= 0.3 is 0 Å². The van der Waals surface area contributed by atoms with Crippen LogP contribution in [0.15, 0.2) is 51.8 Å². The summed E-state index contributed by atoms with van der Waals surface area (Å²) in [5, 5.41) is 0. The molecule has 0 saturated carbocycles. The number of halogens is 1. The van der Waals surface area contributed by atoms with Crippen molar-refractivity contribution in [2.45, 2.75) is 17.4 Å². The first-order valence-electron chi connectivity index (χ1n) is 6.14. The monoisotopic (exact) mass is 335 g/mol. The Hall–Kier alpha value is -1.13. The van der Waals surface area contributed by atoms with E-state index in [0.29, 0.717) is 0 Å². The summed E-state index contributed by atoms with van der Waals surface area (Å²) < 4.78 is 7.05. The first kappa shape index (κ1) is 12.9. The number of thioether (sulfide) groups is 1. The Labute approximate surface area is 125 Å². The largest absolute Gasteiger partial charge is 0.489 e. The zero-order chi connectivity index (χ0) is 13.2. The van der Waals surface area contributed by atoms with Gasteiger partial charge in [-0.05, 0) is 42.0 Å². The zero-order valence-electron chi connectivity index (χ0n) is 10.3. The fourth-order valence-corrected chi connectivity index (χ4v) is 3.54. The van der Waals surface area contributed by atoms with Gasteiger partial charge in [0.1, 0.15) is 11.9 Å². The standard InChI is InChI=1S/C15H14BrNOS/c16-11-4-5-15-10(6-11)7-13(18-15)9-19-14-3-1-2-12(17)8-14/h1-6,8,13H,7,9,17H2. The lowest BCUT2D eigenvalue weighted by molar-refractivity contribution is 0.259. The third kappa shape index (κ3) is 3.07. The highest BCUT2D eigenvalue weighted by molar-refractivity contribution is 9.10. The number of hydrogen-bond acceptors (Lipinski definition) is 3. The summed E-state index contributed by atoms with van der Waals surface area (Å²) in [6, 6.07) is 14.2. The Bertz CT molecular complexity index is 602. The van der Waals surface area contributed by atoms with Gasteiger partial charge in [0, 0.05) is 27.2 Å². The normalized spacial score (nSPS) is 17.0. The highest BCUT2D eigenvalue weighted by Gasteiger charge is 2.22. The van der Waals surface area contributed by atoms with Crippen molar-refractivity contribution in [3.63, 3.8) is 0 Å². The highest BCUT2D eigenvalue weighted by atomic mass is 79.9. The maximum atomic E-state index is 5.94. The van der Waals surface area contributed by atoms with E-state index in [4.69, 9.17) is 10.5 Å². The van der Waals surface area contributed by atoms with Gasteiger partial charge in [-0.15, -0.1) is 11.8 Å². The van der Waals surface area contributed by atoms with Crippen LogP contribution >= 0.6 is 27.7 Å². The van der Waals surface area contributed by atoms with Gasteiger partial charge in [0.05, 0.1) is 0 Å². The summed E-state index contributed by atoms with van der Waals surface area (Å²) in [4.78, 5) is 1.20. The van der Waals surface area contributed by atoms with Crippen molar-refractivity contribution in [2.75, 3.05) is 11.5 Å². The van der Waals surface area contributed by atoms with Gasteiger partial charge in [-0.1, -0.05) is 22.0 Å². The van der Waals surface area contributed by atoms with Gasteiger partial charge in [0.25, 0.3) is 0 Å². The molecule has 2 aromatic rings. The molecule has 0 fully saturated rings. The van der Waals surface area contributed by atoms with Gasteiger partial charge in [0.15, 0.2) is 0 Å². The summed E-state index contributed by atoms with van der Waals surface area (Å²) in [7, 11) is 0. The second-order valence-corrected chi connectivity index (χ2v) is 6.59. The molecule has 0 spiro atoms. The molecule has 0 aromatic heterocycles. The molecule has 0 saturated heterocycles. The molecule has 4 heteroatoms. The van der Waals surface area contributed by atoms with E-state index >= 15 is 0 Å². The number of anilines is 1. The van der Waals surface area contributed by atoms with Crippen LogP contribution in [-0.2, 0) is 6.42 Å². The predicted octanol–water partition coefficient (Wildman–Crippen LogP) is 4.13. The van der Waals surface area contributed by atoms with Crippen LogP contribution < -0.4 is 10.5 Å². The van der Waals surface area contributed by atoms with Crippen LogP contribution in [0.5, 0.6) is 5.75 Å². The van der Waals surface area contributed by atoms with Crippen LogP contribution in [-0.4, -0.2) is 11.9 Å². The first-order valence-corrected chi connectivity index (χ1v) is 7.92. The smallest absolute Gasteiger partial charge is 0.123 e. The van der Waals surface area contributed by atoms with E-state index < -0.39 is 0 Å². The molecule has 1 heterocycles. The number of benzene rings is 2. The molecule has 1 aliphatic rings. The Morgan fingerprint density at radius 2 is 2.16 bits per heavy atom. The van der Waals surface area contributed by atoms with E-state index in [1.807, 2.05) is 30.3 Å². The van der Waals surface area contributed by atoms with E-state index in [1.54, 1.807) is 11.8 Å². The average Bonchev–Trinajstić information content (AvgIpc) is 2.78. The van der Waals surface area contributed by atoms with Gasteiger partial charge in [-0.2, -0.15) is 0 Å². The quantitative estimate of drug-likeness (QED) is 0.676. The lowest BCUT2D eigenvalue weighted by Crippen LogP contribution is -2.15. The average molecular weight is 336 g/mol. The second-order valence-electron chi connectivity index (χ2n) is 4.58. The molecule has 0 aliphatic carbocycles. The molecular weight excluding hydrogens is 322 g/mol. The fourth-order valence-electron chi connectivity index (χ4n) is 2.18. The lowest BCUT2D eigenvalue weighted by Gasteiger charge is -2.10. The Morgan fingerprint density at radius 3 is 3.00 bits per heavy atom. The summed E-state index contributed by atoms with van der Waals surface area (Å²) in [6.07, 6.45) is 1.22. The third-order valence-electron chi connectivity index (χ3n) is 3.06. The van der Waals surface area contributed by atoms with E-state index in [-0.39, 0.29) is 6.10 Å². The van der Waals surface area contributed by atoms with Crippen molar-refractivity contribution >= 4 is 33.4 Å². The SMILES string of the molecule is Nc1cccc(SCC2Cc3cc(Br)ccc3O2)c1. The topological polar surface area (TPSA) is 35.2 Å². The maximum absolute atomic E-state index is 5.94. The zero-order valence-corrected chi connectivity index (χ0v) is 12.7. The summed E-state index contributed by atoms with van der Waals surface area (Å²) in [6.45, 7) is 0. The molecule has 1 aliphatic heterocycles. The predicted molar refractivity (Wildman–Crippen MR) is 83.8 cm³/mol. The number of fused-ring (bicyclic) bond motifs is 1. The molecule has 0 amide bonds. The van der Waals surface area contributed by atoms with E-state index in [1.165, 1.54) is 10.5 Å². The van der Waals surface area contributed by atoms with E-state index in [9.17, 15) is 0 Å². The molecular formula is C15H14BrNOS. The van der Waals surface area contributed by atoms with Crippen LogP contribution in [0.2, 0.25) is 0 Å². The molecule has 1 atom stereocenters. The Morgan fingerprint density at radius 1 is 1.26 bits per heavy atom. The number of rotatable bonds is 3. The van der Waals surface area contributed by atoms with Gasteiger partial charge in [-0.3, -0.25) is 0 Å². The highest BCUT2D eigenvalue weighted by Crippen LogP contribution is 2.33. The Balaban J connectivity index is 1.62. The second kappa shape index (κ2) is 5.47. The fraction of sp³-hybridized carbons (Fsp3) is 0.200. The molecule has 98 valence electrons. The first-order chi connectivity index (χ1) is 9.20. The minimum absolute atomic E-state index is 0.246. The van der Waals surface area contributed by atoms with Crippen molar-refractivity contribution in [3.8, 4) is 5.75 Å². The molecule has 0 bridgehead atoms. The molecule has 19 heavy (non-hydrogen) atoms. The molecule has 3 rings (SSSR count). The third-order valence-corrected chi connectivity index (χ3v) is 4.68. The van der Waals surface area contributed by atoms with Crippen LogP contribution in [0.3, 0.4) is 0 Å². The summed E-state index contributed by atoms with van der Waals surface area (Å²) in [5.74, 6) is 1.96. The number of ether oxygens (including phenoxy) is 1. The Kier molecular flexibility index (Phi) is 3.71. The lowest BCUT2D eigenvalue weighted by atomic mass is 10.1. The summed E-state index contributed by atoms with van der Waals surface area (Å²) >= 11 is 5.28. The van der Waals surface area contributed by atoms with Crippen molar-refractivity contribution in [2.24, 2.45) is 0 Å². The minimum Gasteiger partial charge on any atom is -0.489 e. The van der Waals surface area contributed by atoms with Gasteiger partial charge in [0.2, 0.25) is 0 Å². The molecule has 2 aromatic carbocycles. The van der Waals surface area contributed by atoms with Crippen molar-refractivity contribution in [3.05, 3.63) is 52.5 Å².